The average molecular weight is 579 g/mol. The Morgan fingerprint density at radius 1 is 0.366 bits per heavy atom. The third-order valence-corrected chi connectivity index (χ3v) is 9.40. The third kappa shape index (κ3) is 32.4. The minimum atomic E-state index is 0.335. The second-order valence-corrected chi connectivity index (χ2v) is 13.8. The lowest BCUT2D eigenvalue weighted by Crippen LogP contribution is -2.47. The highest BCUT2D eigenvalue weighted by Crippen LogP contribution is 2.16. The van der Waals surface area contributed by atoms with E-state index >= 15 is 0 Å². The van der Waals surface area contributed by atoms with Crippen molar-refractivity contribution in [2.75, 3.05) is 33.3 Å². The number of hydrogen-bond acceptors (Lipinski definition) is 1. The molecular formula is C39H80NO+. The maximum atomic E-state index is 9.65. The SMILES string of the molecule is CCCCCCCCC=CCCCCCCCC[N+](C)(CCO)CCCCCCCCCCCCCCCCCC. The number of rotatable bonds is 35. The van der Waals surface area contributed by atoms with Gasteiger partial charge in [0.2, 0.25) is 0 Å². The fourth-order valence-corrected chi connectivity index (χ4v) is 6.36. The van der Waals surface area contributed by atoms with Gasteiger partial charge in [-0.2, -0.15) is 0 Å². The molecule has 0 aromatic heterocycles. The Morgan fingerprint density at radius 3 is 0.927 bits per heavy atom. The van der Waals surface area contributed by atoms with Gasteiger partial charge in [0.1, 0.15) is 6.54 Å². The molecule has 0 heterocycles. The average Bonchev–Trinajstić information content (AvgIpc) is 2.97. The van der Waals surface area contributed by atoms with Crippen LogP contribution in [0.4, 0.5) is 0 Å². The molecular weight excluding hydrogens is 498 g/mol. The van der Waals surface area contributed by atoms with Crippen LogP contribution in [0.1, 0.15) is 206 Å². The second-order valence-electron chi connectivity index (χ2n) is 13.8. The molecule has 0 bridgehead atoms. The van der Waals surface area contributed by atoms with Crippen LogP contribution in [0.3, 0.4) is 0 Å². The summed E-state index contributed by atoms with van der Waals surface area (Å²) in [7, 11) is 2.39. The Labute approximate surface area is 261 Å². The van der Waals surface area contributed by atoms with Gasteiger partial charge in [0, 0.05) is 0 Å². The van der Waals surface area contributed by atoms with Gasteiger partial charge in [-0.3, -0.25) is 0 Å². The minimum Gasteiger partial charge on any atom is -0.391 e. The van der Waals surface area contributed by atoms with Gasteiger partial charge in [0.25, 0.3) is 0 Å². The van der Waals surface area contributed by atoms with E-state index in [-0.39, 0.29) is 0 Å². The summed E-state index contributed by atoms with van der Waals surface area (Å²) in [5.74, 6) is 0. The quantitative estimate of drug-likeness (QED) is 0.0450. The molecule has 1 atom stereocenters. The molecule has 0 aliphatic heterocycles. The van der Waals surface area contributed by atoms with E-state index in [0.717, 1.165) is 11.0 Å². The normalized spacial score (nSPS) is 13.4. The van der Waals surface area contributed by atoms with Crippen molar-refractivity contribution >= 4 is 0 Å². The van der Waals surface area contributed by atoms with E-state index in [1.165, 1.54) is 206 Å². The lowest BCUT2D eigenvalue weighted by atomic mass is 10.0. The summed E-state index contributed by atoms with van der Waals surface area (Å²) < 4.78 is 1.08. The molecule has 0 saturated heterocycles. The Hall–Kier alpha value is -0.340. The Morgan fingerprint density at radius 2 is 0.634 bits per heavy atom. The van der Waals surface area contributed by atoms with Crippen LogP contribution in [0.2, 0.25) is 0 Å². The molecule has 1 N–H and O–H groups in total. The molecule has 0 saturated carbocycles. The van der Waals surface area contributed by atoms with E-state index in [1.807, 2.05) is 0 Å². The van der Waals surface area contributed by atoms with Crippen LogP contribution in [0.5, 0.6) is 0 Å². The predicted molar refractivity (Wildman–Crippen MR) is 187 cm³/mol. The molecule has 0 aliphatic rings. The van der Waals surface area contributed by atoms with Gasteiger partial charge < -0.3 is 9.59 Å². The topological polar surface area (TPSA) is 20.2 Å². The molecule has 0 aromatic carbocycles. The van der Waals surface area contributed by atoms with Crippen LogP contribution in [-0.2, 0) is 0 Å². The summed E-state index contributed by atoms with van der Waals surface area (Å²) in [6, 6.07) is 0. The van der Waals surface area contributed by atoms with E-state index in [1.54, 1.807) is 0 Å². The number of quaternary nitrogens is 1. The second kappa shape index (κ2) is 34.2. The van der Waals surface area contributed by atoms with Crippen molar-refractivity contribution in [3.05, 3.63) is 12.2 Å². The number of hydrogen-bond donors (Lipinski definition) is 1. The fourth-order valence-electron chi connectivity index (χ4n) is 6.36. The first kappa shape index (κ1) is 40.7. The smallest absolute Gasteiger partial charge is 0.102 e. The Balaban J connectivity index is 3.54. The van der Waals surface area contributed by atoms with E-state index < -0.39 is 0 Å². The van der Waals surface area contributed by atoms with Gasteiger partial charge in [-0.1, -0.05) is 167 Å². The zero-order chi connectivity index (χ0) is 30.0. The monoisotopic (exact) mass is 579 g/mol. The summed E-state index contributed by atoms with van der Waals surface area (Å²) in [5.41, 5.74) is 0. The van der Waals surface area contributed by atoms with Crippen LogP contribution in [0.25, 0.3) is 0 Å². The van der Waals surface area contributed by atoms with Crippen molar-refractivity contribution in [2.24, 2.45) is 0 Å². The molecule has 2 nitrogen and oxygen atoms in total. The Kier molecular flexibility index (Phi) is 33.9. The maximum absolute atomic E-state index is 9.65. The van der Waals surface area contributed by atoms with Crippen LogP contribution < -0.4 is 0 Å². The summed E-state index contributed by atoms with van der Waals surface area (Å²) >= 11 is 0. The summed E-state index contributed by atoms with van der Waals surface area (Å²) in [5, 5.41) is 9.65. The predicted octanol–water partition coefficient (Wildman–Crippen LogP) is 12.7. The minimum absolute atomic E-state index is 0.335. The van der Waals surface area contributed by atoms with Crippen LogP contribution in [0.15, 0.2) is 12.2 Å². The summed E-state index contributed by atoms with van der Waals surface area (Å²) in [6.45, 7) is 8.37. The zero-order valence-corrected chi connectivity index (χ0v) is 29.1. The van der Waals surface area contributed by atoms with Crippen molar-refractivity contribution in [3.63, 3.8) is 0 Å². The number of unbranched alkanes of at least 4 members (excludes halogenated alkanes) is 27. The van der Waals surface area contributed by atoms with Gasteiger partial charge >= 0.3 is 0 Å². The van der Waals surface area contributed by atoms with Crippen molar-refractivity contribution in [2.45, 2.75) is 206 Å². The highest BCUT2D eigenvalue weighted by atomic mass is 16.3. The number of nitrogens with zero attached hydrogens (tertiary/aromatic N) is 1. The number of aliphatic hydroxyl groups is 1. The molecule has 0 aromatic rings. The highest BCUT2D eigenvalue weighted by molar-refractivity contribution is 4.81. The van der Waals surface area contributed by atoms with E-state index in [2.05, 4.69) is 33.0 Å². The van der Waals surface area contributed by atoms with Crippen molar-refractivity contribution in [1.82, 2.24) is 0 Å². The molecule has 1 unspecified atom stereocenters. The molecule has 246 valence electrons. The summed E-state index contributed by atoms with van der Waals surface area (Å²) in [6.07, 6.45) is 47.0. The van der Waals surface area contributed by atoms with Crippen molar-refractivity contribution < 1.29 is 9.59 Å². The molecule has 0 rings (SSSR count). The van der Waals surface area contributed by atoms with E-state index in [0.29, 0.717) is 6.61 Å². The van der Waals surface area contributed by atoms with Gasteiger partial charge in [-0.15, -0.1) is 0 Å². The van der Waals surface area contributed by atoms with Gasteiger partial charge in [0.05, 0.1) is 26.7 Å². The van der Waals surface area contributed by atoms with E-state index in [4.69, 9.17) is 0 Å². The summed E-state index contributed by atoms with van der Waals surface area (Å²) in [4.78, 5) is 0. The molecule has 0 fully saturated rings. The lowest BCUT2D eigenvalue weighted by Gasteiger charge is -2.34. The molecule has 2 heteroatoms. The van der Waals surface area contributed by atoms with Gasteiger partial charge in [-0.05, 0) is 51.4 Å². The molecule has 0 aliphatic carbocycles. The number of likely N-dealkylation sites (N-methyl/N-ethyl adjacent to an activating group) is 1. The molecule has 0 spiro atoms. The lowest BCUT2D eigenvalue weighted by molar-refractivity contribution is -0.910. The van der Waals surface area contributed by atoms with Crippen LogP contribution in [-0.4, -0.2) is 42.9 Å². The van der Waals surface area contributed by atoms with Gasteiger partial charge in [0.15, 0.2) is 0 Å². The van der Waals surface area contributed by atoms with E-state index in [9.17, 15) is 5.11 Å². The van der Waals surface area contributed by atoms with Crippen molar-refractivity contribution in [3.8, 4) is 0 Å². The first-order valence-corrected chi connectivity index (χ1v) is 19.3. The van der Waals surface area contributed by atoms with Crippen LogP contribution >= 0.6 is 0 Å². The van der Waals surface area contributed by atoms with Crippen molar-refractivity contribution in [1.29, 1.82) is 0 Å². The largest absolute Gasteiger partial charge is 0.391 e. The maximum Gasteiger partial charge on any atom is 0.102 e. The first-order chi connectivity index (χ1) is 20.2. The van der Waals surface area contributed by atoms with Crippen LogP contribution in [0, 0.1) is 0 Å². The molecule has 41 heavy (non-hydrogen) atoms. The molecule has 0 radical (unpaired) electrons. The number of aliphatic hydroxyl groups excluding tert-OH is 1. The standard InChI is InChI=1S/C39H80NO/c1-4-6-8-10-12-14-16-18-20-22-24-26-28-30-32-34-36-40(3,38-39-41)37-35-33-31-29-27-25-23-21-19-17-15-13-11-9-7-5-2/h18,20,41H,4-17,19,21-39H2,1-3H3/q+1. The molecule has 0 amide bonds. The van der Waals surface area contributed by atoms with Gasteiger partial charge in [-0.25, -0.2) is 0 Å². The zero-order valence-electron chi connectivity index (χ0n) is 29.1. The third-order valence-electron chi connectivity index (χ3n) is 9.40. The highest BCUT2D eigenvalue weighted by Gasteiger charge is 2.19. The fraction of sp³-hybridized carbons (Fsp3) is 0.949. The first-order valence-electron chi connectivity index (χ1n) is 19.3. The number of allylic oxidation sites excluding steroid dienone is 2. The Bertz CT molecular complexity index is 504.